The summed E-state index contributed by atoms with van der Waals surface area (Å²) in [6.45, 7) is 0. The van der Waals surface area contributed by atoms with Gasteiger partial charge >= 0.3 is 18.1 Å². The average Bonchev–Trinajstić information content (AvgIpc) is 3.04. The number of amides is 2. The second kappa shape index (κ2) is 7.38. The number of carbonyl (C=O) groups excluding carboxylic acids is 1. The Bertz CT molecular complexity index is 1010. The third-order valence-electron chi connectivity index (χ3n) is 2.63. The fourth-order valence-electron chi connectivity index (χ4n) is 1.63. The minimum atomic E-state index is -4.45. The zero-order valence-corrected chi connectivity index (χ0v) is 16.0. The summed E-state index contributed by atoms with van der Waals surface area (Å²) in [6, 6.07) is -0.489. The van der Waals surface area contributed by atoms with Gasteiger partial charge in [-0.3, -0.25) is 5.32 Å². The Balaban J connectivity index is 2.24. The SMILES string of the molecule is COc1nc(NC(=O)NS(=O)(=O)c2ccsc2S(C)(=O)=O)nc(OC)n1. The van der Waals surface area contributed by atoms with E-state index in [1.807, 2.05) is 0 Å². The Morgan fingerprint density at radius 3 is 2.15 bits per heavy atom. The molecular weight excluding hydrogens is 410 g/mol. The molecule has 0 spiro atoms. The van der Waals surface area contributed by atoms with Crippen LogP contribution in [0.25, 0.3) is 0 Å². The largest absolute Gasteiger partial charge is 0.467 e. The molecule has 0 radical (unpaired) electrons. The van der Waals surface area contributed by atoms with Crippen molar-refractivity contribution >= 4 is 43.2 Å². The van der Waals surface area contributed by atoms with E-state index < -0.39 is 30.8 Å². The first-order chi connectivity index (χ1) is 12.1. The molecule has 2 aromatic heterocycles. The van der Waals surface area contributed by atoms with Gasteiger partial charge in [0.1, 0.15) is 9.10 Å². The van der Waals surface area contributed by atoms with Crippen LogP contribution in [0.5, 0.6) is 12.0 Å². The molecule has 0 unspecified atom stereocenters. The number of anilines is 1. The van der Waals surface area contributed by atoms with Crippen LogP contribution in [0.1, 0.15) is 0 Å². The van der Waals surface area contributed by atoms with Crippen molar-refractivity contribution in [2.45, 2.75) is 9.10 Å². The number of ether oxygens (including phenoxy) is 2. The third-order valence-corrected chi connectivity index (χ3v) is 7.06. The molecule has 12 nitrogen and oxygen atoms in total. The molecule has 26 heavy (non-hydrogen) atoms. The molecule has 142 valence electrons. The fourth-order valence-corrected chi connectivity index (χ4v) is 5.66. The van der Waals surface area contributed by atoms with E-state index in [2.05, 4.69) is 20.3 Å². The summed E-state index contributed by atoms with van der Waals surface area (Å²) in [6.07, 6.45) is 0.862. The predicted octanol–water partition coefficient (Wildman–Crippen LogP) is -0.136. The van der Waals surface area contributed by atoms with Gasteiger partial charge in [0.2, 0.25) is 5.95 Å². The fraction of sp³-hybridized carbons (Fsp3) is 0.273. The van der Waals surface area contributed by atoms with E-state index in [0.29, 0.717) is 0 Å². The van der Waals surface area contributed by atoms with Gasteiger partial charge in [-0.25, -0.2) is 26.4 Å². The van der Waals surface area contributed by atoms with Crippen molar-refractivity contribution in [1.82, 2.24) is 19.7 Å². The Morgan fingerprint density at radius 1 is 1.08 bits per heavy atom. The molecule has 2 aromatic rings. The first kappa shape index (κ1) is 19.8. The molecule has 2 rings (SSSR count). The molecule has 0 saturated carbocycles. The highest BCUT2D eigenvalue weighted by Crippen LogP contribution is 2.26. The van der Waals surface area contributed by atoms with Crippen molar-refractivity contribution in [3.63, 3.8) is 0 Å². The van der Waals surface area contributed by atoms with Crippen LogP contribution in [0, 0.1) is 0 Å². The van der Waals surface area contributed by atoms with Crippen LogP contribution in [0.15, 0.2) is 20.6 Å². The number of thiophene rings is 1. The number of aromatic nitrogens is 3. The van der Waals surface area contributed by atoms with Crippen molar-refractivity contribution < 1.29 is 31.1 Å². The number of hydrogen-bond acceptors (Lipinski definition) is 11. The van der Waals surface area contributed by atoms with Crippen LogP contribution < -0.4 is 19.5 Å². The van der Waals surface area contributed by atoms with Crippen molar-refractivity contribution in [1.29, 1.82) is 0 Å². The van der Waals surface area contributed by atoms with Crippen LogP contribution in [0.2, 0.25) is 0 Å². The third kappa shape index (κ3) is 4.55. The lowest BCUT2D eigenvalue weighted by Gasteiger charge is -2.09. The van der Waals surface area contributed by atoms with E-state index in [0.717, 1.165) is 23.7 Å². The van der Waals surface area contributed by atoms with Crippen molar-refractivity contribution in [2.24, 2.45) is 0 Å². The van der Waals surface area contributed by atoms with E-state index in [4.69, 9.17) is 9.47 Å². The topological polar surface area (TPSA) is 167 Å². The average molecular weight is 423 g/mol. The molecule has 0 aliphatic carbocycles. The Hall–Kier alpha value is -2.52. The summed E-state index contributed by atoms with van der Waals surface area (Å²) in [5, 5.41) is 3.35. The van der Waals surface area contributed by atoms with E-state index in [-0.39, 0.29) is 22.2 Å². The number of hydrogen-bond donors (Lipinski definition) is 2. The highest BCUT2D eigenvalue weighted by molar-refractivity contribution is 7.95. The maximum Gasteiger partial charge on any atom is 0.335 e. The number of urea groups is 1. The van der Waals surface area contributed by atoms with Gasteiger partial charge in [-0.1, -0.05) is 0 Å². The van der Waals surface area contributed by atoms with Crippen LogP contribution in [-0.4, -0.2) is 58.3 Å². The number of carbonyl (C=O) groups is 1. The van der Waals surface area contributed by atoms with Gasteiger partial charge in [-0.2, -0.15) is 9.97 Å². The normalized spacial score (nSPS) is 11.7. The van der Waals surface area contributed by atoms with Crippen LogP contribution in [0.4, 0.5) is 10.7 Å². The lowest BCUT2D eigenvalue weighted by molar-refractivity contribution is 0.256. The van der Waals surface area contributed by atoms with Crippen LogP contribution >= 0.6 is 11.3 Å². The van der Waals surface area contributed by atoms with Gasteiger partial charge in [-0.05, 0) is 11.4 Å². The van der Waals surface area contributed by atoms with Gasteiger partial charge in [0.15, 0.2) is 9.84 Å². The summed E-state index contributed by atoms with van der Waals surface area (Å²) in [4.78, 5) is 22.5. The van der Waals surface area contributed by atoms with Gasteiger partial charge in [0.25, 0.3) is 10.0 Å². The molecule has 2 N–H and O–H groups in total. The summed E-state index contributed by atoms with van der Waals surface area (Å²) < 4.78 is 58.7. The lowest BCUT2D eigenvalue weighted by Crippen LogP contribution is -2.35. The van der Waals surface area contributed by atoms with Gasteiger partial charge in [-0.15, -0.1) is 16.3 Å². The number of sulfone groups is 1. The van der Waals surface area contributed by atoms with E-state index in [1.165, 1.54) is 19.6 Å². The molecule has 0 aromatic carbocycles. The molecule has 0 atom stereocenters. The molecule has 2 amide bonds. The smallest absolute Gasteiger partial charge is 0.335 e. The predicted molar refractivity (Wildman–Crippen MR) is 89.7 cm³/mol. The van der Waals surface area contributed by atoms with Gasteiger partial charge in [0.05, 0.1) is 14.2 Å². The minimum absolute atomic E-state index is 0.174. The quantitative estimate of drug-likeness (QED) is 0.638. The van der Waals surface area contributed by atoms with Crippen molar-refractivity contribution in [3.8, 4) is 12.0 Å². The Labute approximate surface area is 152 Å². The highest BCUT2D eigenvalue weighted by Gasteiger charge is 2.27. The Kier molecular flexibility index (Phi) is 5.62. The summed E-state index contributed by atoms with van der Waals surface area (Å²) in [5.41, 5.74) is 0. The summed E-state index contributed by atoms with van der Waals surface area (Å²) in [7, 11) is -5.69. The zero-order chi connectivity index (χ0) is 19.5. The lowest BCUT2D eigenvalue weighted by atomic mass is 10.7. The first-order valence-corrected chi connectivity index (χ1v) is 10.8. The zero-order valence-electron chi connectivity index (χ0n) is 13.6. The Morgan fingerprint density at radius 2 is 1.65 bits per heavy atom. The second-order valence-corrected chi connectivity index (χ2v) is 9.31. The molecule has 0 aliphatic heterocycles. The monoisotopic (exact) mass is 423 g/mol. The van der Waals surface area contributed by atoms with Gasteiger partial charge in [0, 0.05) is 6.26 Å². The molecule has 0 aliphatic rings. The van der Waals surface area contributed by atoms with Gasteiger partial charge < -0.3 is 9.47 Å². The number of sulfonamides is 1. The molecule has 15 heteroatoms. The second-order valence-electron chi connectivity index (χ2n) is 4.54. The van der Waals surface area contributed by atoms with Crippen molar-refractivity contribution in [3.05, 3.63) is 11.4 Å². The summed E-state index contributed by atoms with van der Waals surface area (Å²) >= 11 is 0.719. The number of methoxy groups -OCH3 is 2. The number of rotatable bonds is 6. The maximum atomic E-state index is 12.3. The van der Waals surface area contributed by atoms with Crippen LogP contribution in [0.3, 0.4) is 0 Å². The molecule has 0 saturated heterocycles. The minimum Gasteiger partial charge on any atom is -0.467 e. The molecular formula is C11H13N5O7S3. The number of nitrogens with one attached hydrogen (secondary N) is 2. The maximum absolute atomic E-state index is 12.3. The first-order valence-electron chi connectivity index (χ1n) is 6.52. The van der Waals surface area contributed by atoms with E-state index >= 15 is 0 Å². The number of nitrogens with zero attached hydrogens (tertiary/aromatic N) is 3. The summed E-state index contributed by atoms with van der Waals surface area (Å²) in [5.74, 6) is -0.338. The standard InChI is InChI=1S/C11H13N5O7S3/c1-22-10-13-8(14-11(15-10)23-2)12-9(17)16-26(20,21)6-4-5-24-7(6)25(3,18)19/h4-5H,1-3H3,(H2,12,13,14,15,16,17). The highest BCUT2D eigenvalue weighted by atomic mass is 32.2. The van der Waals surface area contributed by atoms with E-state index in [9.17, 15) is 21.6 Å². The van der Waals surface area contributed by atoms with Crippen molar-refractivity contribution in [2.75, 3.05) is 25.8 Å². The molecule has 0 bridgehead atoms. The molecule has 0 fully saturated rings. The molecule has 2 heterocycles. The van der Waals surface area contributed by atoms with E-state index in [1.54, 1.807) is 4.72 Å². The van der Waals surface area contributed by atoms with Crippen LogP contribution in [-0.2, 0) is 19.9 Å².